The molecule has 0 amide bonds. The van der Waals surface area contributed by atoms with Crippen LogP contribution in [0, 0.1) is 5.41 Å². The number of rotatable bonds is 12. The van der Waals surface area contributed by atoms with Crippen LogP contribution in [0.4, 0.5) is 0 Å². The number of aliphatic hydroxyl groups is 1. The first kappa shape index (κ1) is 21.6. The van der Waals surface area contributed by atoms with Crippen molar-refractivity contribution in [3.05, 3.63) is 35.5 Å². The van der Waals surface area contributed by atoms with Crippen LogP contribution in [0.1, 0.15) is 84.0 Å². The molecule has 4 heteroatoms. The molecule has 0 aromatic rings. The van der Waals surface area contributed by atoms with Gasteiger partial charge < -0.3 is 10.2 Å². The molecule has 1 fully saturated rings. The molecule has 2 N–H and O–H groups in total. The lowest BCUT2D eigenvalue weighted by molar-refractivity contribution is -0.137. The van der Waals surface area contributed by atoms with E-state index in [1.807, 2.05) is 24.3 Å². The molecule has 1 unspecified atom stereocenters. The van der Waals surface area contributed by atoms with Crippen LogP contribution in [-0.2, 0) is 9.59 Å². The molecule has 0 saturated heterocycles. The van der Waals surface area contributed by atoms with Gasteiger partial charge in [0.25, 0.3) is 0 Å². The number of carboxylic acid groups (broad SMARTS) is 1. The van der Waals surface area contributed by atoms with Crippen molar-refractivity contribution in [2.75, 3.05) is 0 Å². The Morgan fingerprint density at radius 1 is 1.22 bits per heavy atom. The third-order valence-corrected chi connectivity index (χ3v) is 6.08. The Labute approximate surface area is 163 Å². The van der Waals surface area contributed by atoms with Crippen molar-refractivity contribution in [1.82, 2.24) is 0 Å². The van der Waals surface area contributed by atoms with Crippen molar-refractivity contribution >= 4 is 11.8 Å². The predicted octanol–water partition coefficient (Wildman–Crippen LogP) is 5.12. The quantitative estimate of drug-likeness (QED) is 0.367. The van der Waals surface area contributed by atoms with Gasteiger partial charge in [-0.1, -0.05) is 50.5 Å². The summed E-state index contributed by atoms with van der Waals surface area (Å²) in [7, 11) is 0. The van der Waals surface area contributed by atoms with E-state index in [1.54, 1.807) is 0 Å². The first-order chi connectivity index (χ1) is 13.0. The summed E-state index contributed by atoms with van der Waals surface area (Å²) < 4.78 is 0. The summed E-state index contributed by atoms with van der Waals surface area (Å²) >= 11 is 0. The van der Waals surface area contributed by atoms with Crippen LogP contribution >= 0.6 is 0 Å². The van der Waals surface area contributed by atoms with E-state index in [0.717, 1.165) is 56.1 Å². The summed E-state index contributed by atoms with van der Waals surface area (Å²) in [6.07, 6.45) is 17.6. The number of unbranched alkanes of at least 4 members (excludes halogenated alkanes) is 2. The van der Waals surface area contributed by atoms with Gasteiger partial charge in [0, 0.05) is 18.4 Å². The van der Waals surface area contributed by atoms with Gasteiger partial charge in [-0.3, -0.25) is 9.59 Å². The largest absolute Gasteiger partial charge is 0.481 e. The highest BCUT2D eigenvalue weighted by molar-refractivity contribution is 5.99. The number of carboxylic acids is 1. The van der Waals surface area contributed by atoms with Gasteiger partial charge in [-0.05, 0) is 55.9 Å². The number of aliphatic carboxylic acids is 1. The molecule has 0 spiro atoms. The van der Waals surface area contributed by atoms with Gasteiger partial charge in [0.1, 0.15) is 0 Å². The van der Waals surface area contributed by atoms with Gasteiger partial charge in [0.2, 0.25) is 0 Å². The first-order valence-electron chi connectivity index (χ1n) is 10.5. The summed E-state index contributed by atoms with van der Waals surface area (Å²) in [5.74, 6) is -0.574. The van der Waals surface area contributed by atoms with Crippen molar-refractivity contribution in [2.24, 2.45) is 5.41 Å². The second-order valence-electron chi connectivity index (χ2n) is 8.01. The lowest BCUT2D eigenvalue weighted by atomic mass is 9.62. The third-order valence-electron chi connectivity index (χ3n) is 6.08. The van der Waals surface area contributed by atoms with Crippen LogP contribution in [0.3, 0.4) is 0 Å². The summed E-state index contributed by atoms with van der Waals surface area (Å²) in [6.45, 7) is 2.19. The highest BCUT2D eigenvalue weighted by Gasteiger charge is 2.41. The molecule has 1 atom stereocenters. The molecule has 0 aromatic carbocycles. The minimum Gasteiger partial charge on any atom is -0.481 e. The number of carbonyl (C=O) groups excluding carboxylic acids is 1. The highest BCUT2D eigenvalue weighted by atomic mass is 16.4. The summed E-state index contributed by atoms with van der Waals surface area (Å²) in [5, 5.41) is 19.4. The fourth-order valence-corrected chi connectivity index (χ4v) is 4.11. The zero-order valence-corrected chi connectivity index (χ0v) is 16.6. The Balaban J connectivity index is 1.93. The van der Waals surface area contributed by atoms with E-state index in [-0.39, 0.29) is 17.6 Å². The minimum atomic E-state index is -0.772. The summed E-state index contributed by atoms with van der Waals surface area (Å²) in [5.41, 5.74) is 1.96. The monoisotopic (exact) mass is 374 g/mol. The van der Waals surface area contributed by atoms with E-state index >= 15 is 0 Å². The fourth-order valence-electron chi connectivity index (χ4n) is 4.11. The highest BCUT2D eigenvalue weighted by Crippen LogP contribution is 2.48. The maximum absolute atomic E-state index is 12.2. The summed E-state index contributed by atoms with van der Waals surface area (Å²) in [6, 6.07) is 0. The van der Waals surface area contributed by atoms with Gasteiger partial charge in [0.05, 0.1) is 6.10 Å². The van der Waals surface area contributed by atoms with Crippen LogP contribution in [0.2, 0.25) is 0 Å². The molecule has 150 valence electrons. The zero-order valence-electron chi connectivity index (χ0n) is 16.6. The van der Waals surface area contributed by atoms with Crippen LogP contribution in [0.5, 0.6) is 0 Å². The Morgan fingerprint density at radius 3 is 2.63 bits per heavy atom. The standard InChI is InChI=1S/C23H34O4/c1-2-3-15-23(16-8-17-23)21(25)14-12-18-11-13-20(24)19(18)9-6-4-5-7-10-22(26)27/h4,6,12,14,21,25H,2-3,5,7-11,13,15-17H2,1H3,(H,26,27)/b6-4-,14-12+. The lowest BCUT2D eigenvalue weighted by Gasteiger charge is -2.45. The lowest BCUT2D eigenvalue weighted by Crippen LogP contribution is -2.40. The van der Waals surface area contributed by atoms with E-state index in [1.165, 1.54) is 6.42 Å². The van der Waals surface area contributed by atoms with Gasteiger partial charge in [-0.15, -0.1) is 0 Å². The van der Waals surface area contributed by atoms with E-state index in [9.17, 15) is 14.7 Å². The van der Waals surface area contributed by atoms with Crippen molar-refractivity contribution < 1.29 is 19.8 Å². The molecule has 27 heavy (non-hydrogen) atoms. The van der Waals surface area contributed by atoms with Crippen molar-refractivity contribution in [1.29, 1.82) is 0 Å². The van der Waals surface area contributed by atoms with Crippen LogP contribution in [0.15, 0.2) is 35.5 Å². The van der Waals surface area contributed by atoms with Crippen LogP contribution in [0.25, 0.3) is 0 Å². The molecular formula is C23H34O4. The predicted molar refractivity (Wildman–Crippen MR) is 107 cm³/mol. The second kappa shape index (κ2) is 10.6. The van der Waals surface area contributed by atoms with Crippen LogP contribution < -0.4 is 0 Å². The smallest absolute Gasteiger partial charge is 0.303 e. The Hall–Kier alpha value is -1.68. The molecule has 0 aliphatic heterocycles. The molecule has 0 radical (unpaired) electrons. The van der Waals surface area contributed by atoms with Gasteiger partial charge in [-0.2, -0.15) is 0 Å². The topological polar surface area (TPSA) is 74.6 Å². The van der Waals surface area contributed by atoms with Gasteiger partial charge >= 0.3 is 5.97 Å². The first-order valence-corrected chi connectivity index (χ1v) is 10.5. The molecule has 0 bridgehead atoms. The zero-order chi connectivity index (χ0) is 19.7. The average Bonchev–Trinajstić information content (AvgIpc) is 2.95. The number of Topliss-reactive ketones (excluding diaryl/α,β-unsaturated/α-hetero) is 1. The molecule has 0 aromatic heterocycles. The van der Waals surface area contributed by atoms with E-state index in [4.69, 9.17) is 5.11 Å². The maximum Gasteiger partial charge on any atom is 0.303 e. The SMILES string of the molecule is CCCCC1(C(O)/C=C/C2=C(C/C=C\CCCC(=O)O)C(=O)CC2)CCC1. The minimum absolute atomic E-state index is 0.0554. The Kier molecular flexibility index (Phi) is 8.49. The van der Waals surface area contributed by atoms with Crippen LogP contribution in [-0.4, -0.2) is 28.1 Å². The number of carbonyl (C=O) groups is 2. The summed E-state index contributed by atoms with van der Waals surface area (Å²) in [4.78, 5) is 22.7. The molecule has 2 aliphatic rings. The van der Waals surface area contributed by atoms with E-state index in [2.05, 4.69) is 6.92 Å². The fraction of sp³-hybridized carbons (Fsp3) is 0.652. The molecule has 4 nitrogen and oxygen atoms in total. The number of allylic oxidation sites excluding steroid dienone is 5. The molecule has 1 saturated carbocycles. The molecule has 2 rings (SSSR count). The van der Waals surface area contributed by atoms with E-state index in [0.29, 0.717) is 19.3 Å². The molecular weight excluding hydrogens is 340 g/mol. The Morgan fingerprint density at radius 2 is 2.00 bits per heavy atom. The van der Waals surface area contributed by atoms with Gasteiger partial charge in [-0.25, -0.2) is 0 Å². The van der Waals surface area contributed by atoms with Gasteiger partial charge in [0.15, 0.2) is 5.78 Å². The molecule has 0 heterocycles. The maximum atomic E-state index is 12.2. The second-order valence-corrected chi connectivity index (χ2v) is 8.01. The van der Waals surface area contributed by atoms with Crippen molar-refractivity contribution in [3.63, 3.8) is 0 Å². The normalized spacial score (nSPS) is 20.6. The average molecular weight is 375 g/mol. The molecule has 2 aliphatic carbocycles. The number of aliphatic hydroxyl groups excluding tert-OH is 1. The third kappa shape index (κ3) is 6.17. The van der Waals surface area contributed by atoms with Crippen molar-refractivity contribution in [2.45, 2.75) is 90.1 Å². The van der Waals surface area contributed by atoms with E-state index < -0.39 is 12.1 Å². The number of hydrogen-bond donors (Lipinski definition) is 2. The number of ketones is 1. The number of hydrogen-bond acceptors (Lipinski definition) is 3. The van der Waals surface area contributed by atoms with Crippen molar-refractivity contribution in [3.8, 4) is 0 Å². The Bertz CT molecular complexity index is 608.